The number of aromatic nitrogens is 2. The third kappa shape index (κ3) is 5.43. The molecule has 8 heteroatoms. The van der Waals surface area contributed by atoms with Crippen molar-refractivity contribution in [1.82, 2.24) is 15.5 Å². The Morgan fingerprint density at radius 2 is 1.96 bits per heavy atom. The number of carbonyl (C=O) groups excluding carboxylic acids is 1. The first-order chi connectivity index (χ1) is 12.5. The van der Waals surface area contributed by atoms with E-state index < -0.39 is 0 Å². The summed E-state index contributed by atoms with van der Waals surface area (Å²) in [5.74, 6) is 0.847. The lowest BCUT2D eigenvalue weighted by molar-refractivity contribution is -0.124. The van der Waals surface area contributed by atoms with Crippen LogP contribution in [-0.2, 0) is 4.79 Å². The molecule has 2 aromatic rings. The SMILES string of the molecule is CC(NC(=O)CC1(CN)CCCCC1)c1noc(-c2ccc(Cl)cc2)n1.Cl. The largest absolute Gasteiger partial charge is 0.346 e. The van der Waals surface area contributed by atoms with E-state index in [1.807, 2.05) is 19.1 Å². The highest BCUT2D eigenvalue weighted by molar-refractivity contribution is 6.30. The zero-order chi connectivity index (χ0) is 18.6. The molecule has 1 heterocycles. The van der Waals surface area contributed by atoms with Crippen LogP contribution in [0.2, 0.25) is 5.02 Å². The third-order valence-corrected chi connectivity index (χ3v) is 5.43. The molecule has 0 saturated heterocycles. The van der Waals surface area contributed by atoms with Crippen LogP contribution in [0.1, 0.15) is 57.3 Å². The highest BCUT2D eigenvalue weighted by Crippen LogP contribution is 2.38. The summed E-state index contributed by atoms with van der Waals surface area (Å²) in [5, 5.41) is 7.61. The van der Waals surface area contributed by atoms with Gasteiger partial charge in [-0.3, -0.25) is 4.79 Å². The Labute approximate surface area is 170 Å². The van der Waals surface area contributed by atoms with Gasteiger partial charge in [-0.25, -0.2) is 0 Å². The van der Waals surface area contributed by atoms with E-state index in [0.717, 1.165) is 31.2 Å². The lowest BCUT2D eigenvalue weighted by Gasteiger charge is -2.35. The molecule has 1 unspecified atom stereocenters. The van der Waals surface area contributed by atoms with Crippen LogP contribution in [0.3, 0.4) is 0 Å². The Balaban J connectivity index is 0.00000261. The van der Waals surface area contributed by atoms with Gasteiger partial charge in [0, 0.05) is 17.0 Å². The van der Waals surface area contributed by atoms with Gasteiger partial charge in [-0.1, -0.05) is 36.0 Å². The Bertz CT molecular complexity index is 742. The molecule has 1 aromatic heterocycles. The molecule has 1 amide bonds. The van der Waals surface area contributed by atoms with Gasteiger partial charge in [0.05, 0.1) is 6.04 Å². The van der Waals surface area contributed by atoms with Crippen molar-refractivity contribution in [1.29, 1.82) is 0 Å². The van der Waals surface area contributed by atoms with Crippen molar-refractivity contribution in [2.45, 2.75) is 51.5 Å². The Hall–Kier alpha value is -1.63. The van der Waals surface area contributed by atoms with E-state index in [0.29, 0.717) is 29.7 Å². The molecule has 1 aromatic carbocycles. The van der Waals surface area contributed by atoms with Crippen molar-refractivity contribution in [3.63, 3.8) is 0 Å². The number of nitrogens with zero attached hydrogens (tertiary/aromatic N) is 2. The first kappa shape index (κ1) is 21.7. The smallest absolute Gasteiger partial charge is 0.257 e. The van der Waals surface area contributed by atoms with E-state index in [1.165, 1.54) is 6.42 Å². The number of nitrogens with two attached hydrogens (primary N) is 1. The van der Waals surface area contributed by atoms with Gasteiger partial charge in [-0.05, 0) is 56.0 Å². The monoisotopic (exact) mass is 412 g/mol. The van der Waals surface area contributed by atoms with Gasteiger partial charge >= 0.3 is 0 Å². The molecule has 0 radical (unpaired) electrons. The molecule has 148 valence electrons. The zero-order valence-corrected chi connectivity index (χ0v) is 17.0. The van der Waals surface area contributed by atoms with Crippen molar-refractivity contribution in [3.8, 4) is 11.5 Å². The van der Waals surface area contributed by atoms with Crippen molar-refractivity contribution in [2.24, 2.45) is 11.1 Å². The first-order valence-corrected chi connectivity index (χ1v) is 9.48. The van der Waals surface area contributed by atoms with Crippen LogP contribution in [0.4, 0.5) is 0 Å². The van der Waals surface area contributed by atoms with Gasteiger partial charge < -0.3 is 15.6 Å². The highest BCUT2D eigenvalue weighted by Gasteiger charge is 2.33. The molecule has 27 heavy (non-hydrogen) atoms. The van der Waals surface area contributed by atoms with Gasteiger partial charge in [0.1, 0.15) is 0 Å². The van der Waals surface area contributed by atoms with Crippen LogP contribution in [0.15, 0.2) is 28.8 Å². The topological polar surface area (TPSA) is 94.0 Å². The second kappa shape index (κ2) is 9.53. The van der Waals surface area contributed by atoms with Crippen LogP contribution in [-0.4, -0.2) is 22.6 Å². The minimum absolute atomic E-state index is 0. The standard InChI is InChI=1S/C19H25ClN4O2.ClH/c1-13(22-16(25)11-19(12-21)9-3-2-4-10-19)17-23-18(26-24-17)14-5-7-15(20)8-6-14;/h5-8,13H,2-4,9-12,21H2,1H3,(H,22,25);1H. The van der Waals surface area contributed by atoms with E-state index in [-0.39, 0.29) is 29.8 Å². The zero-order valence-electron chi connectivity index (χ0n) is 15.4. The van der Waals surface area contributed by atoms with Gasteiger partial charge in [0.25, 0.3) is 5.89 Å². The molecule has 1 saturated carbocycles. The predicted molar refractivity (Wildman–Crippen MR) is 108 cm³/mol. The fraction of sp³-hybridized carbons (Fsp3) is 0.526. The maximum atomic E-state index is 12.5. The second-order valence-corrected chi connectivity index (χ2v) is 7.63. The molecular formula is C19H26Cl2N4O2. The second-order valence-electron chi connectivity index (χ2n) is 7.20. The lowest BCUT2D eigenvalue weighted by Crippen LogP contribution is -2.39. The predicted octanol–water partition coefficient (Wildman–Crippen LogP) is 4.29. The van der Waals surface area contributed by atoms with E-state index >= 15 is 0 Å². The minimum Gasteiger partial charge on any atom is -0.346 e. The number of rotatable bonds is 6. The number of hydrogen-bond acceptors (Lipinski definition) is 5. The van der Waals surface area contributed by atoms with Gasteiger partial charge in [0.2, 0.25) is 5.91 Å². The number of carbonyl (C=O) groups is 1. The van der Waals surface area contributed by atoms with Crippen LogP contribution in [0.5, 0.6) is 0 Å². The lowest BCUT2D eigenvalue weighted by atomic mass is 9.71. The van der Waals surface area contributed by atoms with E-state index in [2.05, 4.69) is 15.5 Å². The van der Waals surface area contributed by atoms with Crippen molar-refractivity contribution in [3.05, 3.63) is 35.1 Å². The molecule has 1 aliphatic carbocycles. The Kier molecular flexibility index (Phi) is 7.65. The van der Waals surface area contributed by atoms with Crippen molar-refractivity contribution in [2.75, 3.05) is 6.54 Å². The van der Waals surface area contributed by atoms with Crippen LogP contribution in [0.25, 0.3) is 11.5 Å². The fourth-order valence-corrected chi connectivity index (χ4v) is 3.70. The van der Waals surface area contributed by atoms with Gasteiger partial charge in [-0.15, -0.1) is 12.4 Å². The first-order valence-electron chi connectivity index (χ1n) is 9.10. The Morgan fingerprint density at radius 3 is 2.59 bits per heavy atom. The summed E-state index contributed by atoms with van der Waals surface area (Å²) < 4.78 is 5.31. The molecule has 3 rings (SSSR count). The summed E-state index contributed by atoms with van der Waals surface area (Å²) in [5.41, 5.74) is 6.70. The molecular weight excluding hydrogens is 387 g/mol. The molecule has 6 nitrogen and oxygen atoms in total. The number of halogens is 2. The summed E-state index contributed by atoms with van der Waals surface area (Å²) in [6.45, 7) is 2.40. The summed E-state index contributed by atoms with van der Waals surface area (Å²) in [6, 6.07) is 6.84. The van der Waals surface area contributed by atoms with Gasteiger partial charge in [0.15, 0.2) is 5.82 Å². The summed E-state index contributed by atoms with van der Waals surface area (Å²) in [6.07, 6.45) is 6.03. The average molecular weight is 413 g/mol. The molecule has 3 N–H and O–H groups in total. The molecule has 0 bridgehead atoms. The third-order valence-electron chi connectivity index (χ3n) is 5.18. The molecule has 1 fully saturated rings. The quantitative estimate of drug-likeness (QED) is 0.737. The average Bonchev–Trinajstić information content (AvgIpc) is 3.13. The van der Waals surface area contributed by atoms with Crippen molar-refractivity contribution >= 4 is 29.9 Å². The number of hydrogen-bond donors (Lipinski definition) is 2. The normalized spacial score (nSPS) is 17.0. The molecule has 1 atom stereocenters. The van der Waals surface area contributed by atoms with E-state index in [9.17, 15) is 4.79 Å². The number of benzene rings is 1. The molecule has 1 aliphatic rings. The maximum Gasteiger partial charge on any atom is 0.257 e. The van der Waals surface area contributed by atoms with Crippen LogP contribution in [0, 0.1) is 5.41 Å². The van der Waals surface area contributed by atoms with Crippen LogP contribution >= 0.6 is 24.0 Å². The fourth-order valence-electron chi connectivity index (χ4n) is 3.57. The van der Waals surface area contributed by atoms with Crippen LogP contribution < -0.4 is 11.1 Å². The summed E-state index contributed by atoms with van der Waals surface area (Å²) >= 11 is 5.89. The number of amides is 1. The summed E-state index contributed by atoms with van der Waals surface area (Å²) in [4.78, 5) is 16.9. The molecule has 0 spiro atoms. The van der Waals surface area contributed by atoms with Gasteiger partial charge in [-0.2, -0.15) is 4.98 Å². The Morgan fingerprint density at radius 1 is 1.30 bits per heavy atom. The molecule has 0 aliphatic heterocycles. The van der Waals surface area contributed by atoms with Crippen molar-refractivity contribution < 1.29 is 9.32 Å². The maximum absolute atomic E-state index is 12.5. The minimum atomic E-state index is -0.328. The van der Waals surface area contributed by atoms with E-state index in [1.54, 1.807) is 12.1 Å². The summed E-state index contributed by atoms with van der Waals surface area (Å²) in [7, 11) is 0. The highest BCUT2D eigenvalue weighted by atomic mass is 35.5. The van der Waals surface area contributed by atoms with E-state index in [4.69, 9.17) is 21.9 Å². The number of nitrogens with one attached hydrogen (secondary N) is 1.